The molecule has 7 nitrogen and oxygen atoms in total. The number of aromatic nitrogens is 2. The van der Waals surface area contributed by atoms with E-state index in [4.69, 9.17) is 5.11 Å². The summed E-state index contributed by atoms with van der Waals surface area (Å²) in [6.07, 6.45) is 4.13. The Morgan fingerprint density at radius 3 is 3.05 bits per heavy atom. The van der Waals surface area contributed by atoms with Gasteiger partial charge in [0.2, 0.25) is 0 Å². The van der Waals surface area contributed by atoms with Gasteiger partial charge in [0, 0.05) is 30.1 Å². The third-order valence-electron chi connectivity index (χ3n) is 2.85. The zero-order valence-electron chi connectivity index (χ0n) is 10.3. The van der Waals surface area contributed by atoms with Gasteiger partial charge >= 0.3 is 12.0 Å². The van der Waals surface area contributed by atoms with Crippen LogP contribution in [0.2, 0.25) is 0 Å². The number of nitrogens with zero attached hydrogens (tertiary/aromatic N) is 1. The highest BCUT2D eigenvalue weighted by molar-refractivity contribution is 7.99. The number of thioether (sulfide) groups is 1. The number of hydrogen-bond donors (Lipinski definition) is 4. The van der Waals surface area contributed by atoms with Crippen molar-refractivity contribution in [2.75, 3.05) is 11.5 Å². The van der Waals surface area contributed by atoms with Gasteiger partial charge in [0.15, 0.2) is 0 Å². The lowest BCUT2D eigenvalue weighted by Gasteiger charge is -2.17. The summed E-state index contributed by atoms with van der Waals surface area (Å²) in [6, 6.07) is -1.26. The number of urea groups is 1. The highest BCUT2D eigenvalue weighted by Gasteiger charge is 2.23. The molecule has 1 saturated heterocycles. The zero-order chi connectivity index (χ0) is 13.7. The lowest BCUT2D eigenvalue weighted by molar-refractivity contribution is -0.139. The molecule has 2 amide bonds. The van der Waals surface area contributed by atoms with Gasteiger partial charge in [-0.1, -0.05) is 0 Å². The Balaban J connectivity index is 1.85. The van der Waals surface area contributed by atoms with E-state index in [9.17, 15) is 9.59 Å². The van der Waals surface area contributed by atoms with E-state index < -0.39 is 18.0 Å². The second-order valence-corrected chi connectivity index (χ2v) is 5.50. The molecule has 1 aromatic rings. The van der Waals surface area contributed by atoms with E-state index in [1.54, 1.807) is 18.0 Å². The van der Waals surface area contributed by atoms with Crippen LogP contribution in [-0.4, -0.2) is 50.7 Å². The molecular weight excluding hydrogens is 268 g/mol. The molecule has 2 rings (SSSR count). The number of hydrogen-bond acceptors (Lipinski definition) is 4. The molecule has 1 aliphatic rings. The van der Waals surface area contributed by atoms with Crippen LogP contribution < -0.4 is 10.6 Å². The fraction of sp³-hybridized carbons (Fsp3) is 0.545. The van der Waals surface area contributed by atoms with Gasteiger partial charge in [-0.05, 0) is 12.2 Å². The molecule has 0 saturated carbocycles. The SMILES string of the molecule is O=C(NC1CCSC1)NC(Cc1cnc[nH]1)C(=O)O. The summed E-state index contributed by atoms with van der Waals surface area (Å²) in [5.74, 6) is 0.846. The first-order valence-electron chi connectivity index (χ1n) is 6.00. The Labute approximate surface area is 114 Å². The topological polar surface area (TPSA) is 107 Å². The first-order chi connectivity index (χ1) is 9.15. The van der Waals surface area contributed by atoms with Crippen LogP contribution in [0, 0.1) is 0 Å². The summed E-state index contributed by atoms with van der Waals surface area (Å²) in [7, 11) is 0. The van der Waals surface area contributed by atoms with Crippen LogP contribution in [0.1, 0.15) is 12.1 Å². The fourth-order valence-corrected chi connectivity index (χ4v) is 3.00. The van der Waals surface area contributed by atoms with Crippen molar-refractivity contribution < 1.29 is 14.7 Å². The lowest BCUT2D eigenvalue weighted by atomic mass is 10.1. The smallest absolute Gasteiger partial charge is 0.326 e. The summed E-state index contributed by atoms with van der Waals surface area (Å²) in [5.41, 5.74) is 0.670. The molecule has 1 aliphatic heterocycles. The van der Waals surface area contributed by atoms with Crippen molar-refractivity contribution >= 4 is 23.8 Å². The summed E-state index contributed by atoms with van der Waals surface area (Å²) in [5, 5.41) is 14.4. The number of aliphatic carboxylic acids is 1. The van der Waals surface area contributed by atoms with Crippen molar-refractivity contribution in [3.63, 3.8) is 0 Å². The standard InChI is InChI=1S/C11H16N4O3S/c16-10(17)9(3-8-4-12-6-13-8)15-11(18)14-7-1-2-19-5-7/h4,6-7,9H,1-3,5H2,(H,12,13)(H,16,17)(H2,14,15,18). The van der Waals surface area contributed by atoms with Crippen LogP contribution in [0.5, 0.6) is 0 Å². The minimum absolute atomic E-state index is 0.131. The van der Waals surface area contributed by atoms with Gasteiger partial charge < -0.3 is 20.7 Å². The highest BCUT2D eigenvalue weighted by Crippen LogP contribution is 2.16. The van der Waals surface area contributed by atoms with Crippen molar-refractivity contribution in [3.8, 4) is 0 Å². The number of H-pyrrole nitrogens is 1. The highest BCUT2D eigenvalue weighted by atomic mass is 32.2. The lowest BCUT2D eigenvalue weighted by Crippen LogP contribution is -2.49. The van der Waals surface area contributed by atoms with Crippen molar-refractivity contribution in [3.05, 3.63) is 18.2 Å². The predicted octanol–water partition coefficient (Wildman–Crippen LogP) is 0.210. The molecule has 0 bridgehead atoms. The average molecular weight is 284 g/mol. The molecule has 0 spiro atoms. The molecule has 19 heavy (non-hydrogen) atoms. The van der Waals surface area contributed by atoms with E-state index >= 15 is 0 Å². The summed E-state index contributed by atoms with van der Waals surface area (Å²) < 4.78 is 0. The molecule has 0 aliphatic carbocycles. The van der Waals surface area contributed by atoms with E-state index in [1.807, 2.05) is 0 Å². The number of nitrogens with one attached hydrogen (secondary N) is 3. The second kappa shape index (κ2) is 6.46. The number of amides is 2. The maximum atomic E-state index is 11.7. The summed E-state index contributed by atoms with van der Waals surface area (Å²) >= 11 is 1.78. The number of imidazole rings is 1. The van der Waals surface area contributed by atoms with Gasteiger partial charge in [0.1, 0.15) is 6.04 Å². The molecule has 104 valence electrons. The Morgan fingerprint density at radius 1 is 1.63 bits per heavy atom. The van der Waals surface area contributed by atoms with E-state index in [0.29, 0.717) is 5.69 Å². The number of carboxylic acids is 1. The Hall–Kier alpha value is -1.70. The maximum absolute atomic E-state index is 11.7. The fourth-order valence-electron chi connectivity index (χ4n) is 1.85. The van der Waals surface area contributed by atoms with Crippen LogP contribution in [0.25, 0.3) is 0 Å². The van der Waals surface area contributed by atoms with Crippen LogP contribution in [0.15, 0.2) is 12.5 Å². The number of carboxylic acid groups (broad SMARTS) is 1. The molecule has 0 radical (unpaired) electrons. The van der Waals surface area contributed by atoms with Crippen LogP contribution in [-0.2, 0) is 11.2 Å². The van der Waals surface area contributed by atoms with Gasteiger partial charge in [-0.25, -0.2) is 14.6 Å². The molecule has 2 heterocycles. The van der Waals surface area contributed by atoms with Crippen molar-refractivity contribution in [2.24, 2.45) is 0 Å². The predicted molar refractivity (Wildman–Crippen MR) is 71.1 cm³/mol. The van der Waals surface area contributed by atoms with Crippen molar-refractivity contribution in [2.45, 2.75) is 24.9 Å². The van der Waals surface area contributed by atoms with Gasteiger partial charge in [-0.2, -0.15) is 11.8 Å². The maximum Gasteiger partial charge on any atom is 0.326 e. The van der Waals surface area contributed by atoms with Gasteiger partial charge in [0.25, 0.3) is 0 Å². The Bertz CT molecular complexity index is 431. The molecule has 8 heteroatoms. The first kappa shape index (κ1) is 13.7. The Kier molecular flexibility index (Phi) is 4.67. The van der Waals surface area contributed by atoms with Crippen LogP contribution in [0.4, 0.5) is 4.79 Å². The van der Waals surface area contributed by atoms with Crippen molar-refractivity contribution in [1.82, 2.24) is 20.6 Å². The van der Waals surface area contributed by atoms with E-state index in [2.05, 4.69) is 20.6 Å². The number of aromatic amines is 1. The minimum Gasteiger partial charge on any atom is -0.480 e. The number of carbonyl (C=O) groups is 2. The van der Waals surface area contributed by atoms with Crippen LogP contribution >= 0.6 is 11.8 Å². The van der Waals surface area contributed by atoms with Gasteiger partial charge in [-0.3, -0.25) is 0 Å². The normalized spacial score (nSPS) is 19.9. The molecule has 1 fully saturated rings. The number of rotatable bonds is 5. The van der Waals surface area contributed by atoms with E-state index in [0.717, 1.165) is 17.9 Å². The number of carbonyl (C=O) groups excluding carboxylic acids is 1. The molecule has 2 atom stereocenters. The third kappa shape index (κ3) is 4.16. The summed E-state index contributed by atoms with van der Waals surface area (Å²) in [4.78, 5) is 29.5. The van der Waals surface area contributed by atoms with Crippen LogP contribution in [0.3, 0.4) is 0 Å². The van der Waals surface area contributed by atoms with E-state index in [-0.39, 0.29) is 12.5 Å². The molecule has 1 aromatic heterocycles. The summed E-state index contributed by atoms with van der Waals surface area (Å²) in [6.45, 7) is 0. The molecule has 0 aromatic carbocycles. The minimum atomic E-state index is -1.06. The average Bonchev–Trinajstić information content (AvgIpc) is 3.00. The molecule has 4 N–H and O–H groups in total. The zero-order valence-corrected chi connectivity index (χ0v) is 11.1. The first-order valence-corrected chi connectivity index (χ1v) is 7.15. The second-order valence-electron chi connectivity index (χ2n) is 4.35. The Morgan fingerprint density at radius 2 is 2.47 bits per heavy atom. The monoisotopic (exact) mass is 284 g/mol. The molecule has 2 unspecified atom stereocenters. The third-order valence-corrected chi connectivity index (χ3v) is 4.01. The van der Waals surface area contributed by atoms with E-state index in [1.165, 1.54) is 6.33 Å². The van der Waals surface area contributed by atoms with Gasteiger partial charge in [-0.15, -0.1) is 0 Å². The largest absolute Gasteiger partial charge is 0.480 e. The quantitative estimate of drug-likeness (QED) is 0.618. The molecular formula is C11H16N4O3S. The van der Waals surface area contributed by atoms with Gasteiger partial charge in [0.05, 0.1) is 6.33 Å². The van der Waals surface area contributed by atoms with Crippen molar-refractivity contribution in [1.29, 1.82) is 0 Å².